The Morgan fingerprint density at radius 3 is 2.76 bits per heavy atom. The summed E-state index contributed by atoms with van der Waals surface area (Å²) in [5.41, 5.74) is 0.844. The molecule has 1 aliphatic rings. The van der Waals surface area contributed by atoms with Gasteiger partial charge >= 0.3 is 6.03 Å². The Kier molecular flexibility index (Phi) is 7.85. The van der Waals surface area contributed by atoms with Crippen LogP contribution in [0.1, 0.15) is 44.1 Å². The largest absolute Gasteiger partial charge is 0.504 e. The molecule has 1 fully saturated rings. The van der Waals surface area contributed by atoms with Crippen molar-refractivity contribution in [3.05, 3.63) is 23.8 Å². The molecule has 1 aliphatic carbocycles. The van der Waals surface area contributed by atoms with Crippen molar-refractivity contribution in [1.29, 1.82) is 0 Å². The number of phenols is 1. The van der Waals surface area contributed by atoms with Gasteiger partial charge in [0.2, 0.25) is 0 Å². The van der Waals surface area contributed by atoms with Crippen LogP contribution in [0.2, 0.25) is 0 Å². The number of rotatable bonds is 8. The van der Waals surface area contributed by atoms with Gasteiger partial charge in [0.1, 0.15) is 0 Å². The molecule has 0 radical (unpaired) electrons. The number of methoxy groups -OCH3 is 1. The molecular weight excluding hydrogens is 320 g/mol. The third-order valence-electron chi connectivity index (χ3n) is 4.51. The fraction of sp³-hybridized carbons (Fsp3) is 0.632. The Morgan fingerprint density at radius 1 is 1.32 bits per heavy atom. The summed E-state index contributed by atoms with van der Waals surface area (Å²) >= 11 is 0. The molecule has 6 nitrogen and oxygen atoms in total. The van der Waals surface area contributed by atoms with E-state index in [2.05, 4.69) is 5.32 Å². The number of benzene rings is 1. The van der Waals surface area contributed by atoms with E-state index in [0.29, 0.717) is 31.5 Å². The molecule has 0 saturated heterocycles. The third kappa shape index (κ3) is 6.46. The number of phenolic OH excluding ortho intramolecular Hbond substituents is 1. The second kappa shape index (κ2) is 10.1. The van der Waals surface area contributed by atoms with Crippen LogP contribution in [0.4, 0.5) is 4.79 Å². The first-order valence-electron chi connectivity index (χ1n) is 9.06. The van der Waals surface area contributed by atoms with Gasteiger partial charge in [-0.1, -0.05) is 25.3 Å². The van der Waals surface area contributed by atoms with Gasteiger partial charge in [-0.2, -0.15) is 0 Å². The summed E-state index contributed by atoms with van der Waals surface area (Å²) < 4.78 is 10.9. The molecule has 1 aromatic carbocycles. The van der Waals surface area contributed by atoms with Crippen LogP contribution in [0.15, 0.2) is 18.2 Å². The van der Waals surface area contributed by atoms with Crippen molar-refractivity contribution in [3.8, 4) is 11.5 Å². The lowest BCUT2D eigenvalue weighted by atomic mass is 9.98. The van der Waals surface area contributed by atoms with Crippen molar-refractivity contribution in [2.24, 2.45) is 0 Å². The molecule has 0 bridgehead atoms. The van der Waals surface area contributed by atoms with Gasteiger partial charge < -0.3 is 24.8 Å². The average Bonchev–Trinajstić information content (AvgIpc) is 2.62. The van der Waals surface area contributed by atoms with Gasteiger partial charge in [-0.3, -0.25) is 0 Å². The first-order chi connectivity index (χ1) is 12.1. The van der Waals surface area contributed by atoms with Gasteiger partial charge in [0.05, 0.1) is 13.2 Å². The van der Waals surface area contributed by atoms with Crippen molar-refractivity contribution in [3.63, 3.8) is 0 Å². The number of nitrogens with zero attached hydrogens (tertiary/aromatic N) is 1. The predicted octanol–water partition coefficient (Wildman–Crippen LogP) is 3.28. The second-order valence-corrected chi connectivity index (χ2v) is 6.58. The van der Waals surface area contributed by atoms with Crippen molar-refractivity contribution in [1.82, 2.24) is 10.2 Å². The number of ether oxygens (including phenoxy) is 2. The smallest absolute Gasteiger partial charge is 0.317 e. The molecule has 2 rings (SSSR count). The van der Waals surface area contributed by atoms with Crippen molar-refractivity contribution >= 4 is 6.03 Å². The summed E-state index contributed by atoms with van der Waals surface area (Å²) in [6.07, 6.45) is 7.44. The van der Waals surface area contributed by atoms with Gasteiger partial charge in [-0.15, -0.1) is 0 Å². The number of amides is 2. The fourth-order valence-corrected chi connectivity index (χ4v) is 3.06. The summed E-state index contributed by atoms with van der Waals surface area (Å²) in [4.78, 5) is 13.7. The van der Waals surface area contributed by atoms with Gasteiger partial charge in [-0.05, 0) is 37.0 Å². The van der Waals surface area contributed by atoms with E-state index in [0.717, 1.165) is 12.0 Å². The molecule has 2 amide bonds. The van der Waals surface area contributed by atoms with Crippen LogP contribution in [-0.2, 0) is 11.3 Å². The van der Waals surface area contributed by atoms with Gasteiger partial charge in [0.25, 0.3) is 0 Å². The molecule has 2 N–H and O–H groups in total. The first-order valence-corrected chi connectivity index (χ1v) is 9.06. The van der Waals surface area contributed by atoms with Crippen LogP contribution in [0.3, 0.4) is 0 Å². The maximum absolute atomic E-state index is 12.1. The van der Waals surface area contributed by atoms with Crippen molar-refractivity contribution < 1.29 is 19.4 Å². The van der Waals surface area contributed by atoms with Crippen molar-refractivity contribution in [2.45, 2.75) is 51.2 Å². The van der Waals surface area contributed by atoms with Gasteiger partial charge in [0.15, 0.2) is 11.5 Å². The van der Waals surface area contributed by atoms with E-state index in [1.54, 1.807) is 24.1 Å². The Morgan fingerprint density at radius 2 is 2.08 bits per heavy atom. The van der Waals surface area contributed by atoms with E-state index >= 15 is 0 Å². The first kappa shape index (κ1) is 19.4. The number of carbonyl (C=O) groups excluding carboxylic acids is 1. The minimum absolute atomic E-state index is 0.0775. The third-order valence-corrected chi connectivity index (χ3v) is 4.51. The zero-order valence-corrected chi connectivity index (χ0v) is 15.3. The average molecular weight is 350 g/mol. The highest BCUT2D eigenvalue weighted by molar-refractivity contribution is 5.73. The van der Waals surface area contributed by atoms with Crippen LogP contribution in [-0.4, -0.2) is 49.5 Å². The van der Waals surface area contributed by atoms with Crippen LogP contribution in [0, 0.1) is 0 Å². The van der Waals surface area contributed by atoms with E-state index < -0.39 is 0 Å². The zero-order chi connectivity index (χ0) is 18.1. The van der Waals surface area contributed by atoms with E-state index in [1.165, 1.54) is 39.2 Å². The number of urea groups is 1. The molecule has 6 heteroatoms. The highest BCUT2D eigenvalue weighted by atomic mass is 16.5. The SMILES string of the molecule is COc1ccc(CN(C)C(=O)NCCCOC2CCCCC2)cc1O. The van der Waals surface area contributed by atoms with Gasteiger partial charge in [0, 0.05) is 26.7 Å². The highest BCUT2D eigenvalue weighted by Crippen LogP contribution is 2.26. The Balaban J connectivity index is 1.63. The molecule has 0 aliphatic heterocycles. The zero-order valence-electron chi connectivity index (χ0n) is 15.3. The monoisotopic (exact) mass is 350 g/mol. The maximum Gasteiger partial charge on any atom is 0.317 e. The molecule has 0 atom stereocenters. The maximum atomic E-state index is 12.1. The van der Waals surface area contributed by atoms with E-state index in [-0.39, 0.29) is 11.8 Å². The number of hydrogen-bond acceptors (Lipinski definition) is 4. The van der Waals surface area contributed by atoms with E-state index in [9.17, 15) is 9.90 Å². The summed E-state index contributed by atoms with van der Waals surface area (Å²) in [5, 5.41) is 12.7. The molecule has 0 heterocycles. The van der Waals surface area contributed by atoms with Gasteiger partial charge in [-0.25, -0.2) is 4.79 Å². The number of hydrogen-bond donors (Lipinski definition) is 2. The van der Waals surface area contributed by atoms with E-state index in [4.69, 9.17) is 9.47 Å². The Hall–Kier alpha value is -1.95. The number of aromatic hydroxyl groups is 1. The lowest BCUT2D eigenvalue weighted by molar-refractivity contribution is 0.0275. The normalized spacial score (nSPS) is 15.0. The quantitative estimate of drug-likeness (QED) is 0.706. The molecular formula is C19H30N2O4. The Labute approximate surface area is 150 Å². The standard InChI is InChI=1S/C19H30N2O4/c1-21(14-15-9-10-18(24-2)17(22)13-15)19(23)20-11-6-12-25-16-7-4-3-5-8-16/h9-10,13,16,22H,3-8,11-12,14H2,1-2H3,(H,20,23). The number of carbonyl (C=O) groups is 1. The molecule has 25 heavy (non-hydrogen) atoms. The topological polar surface area (TPSA) is 71.0 Å². The summed E-state index contributed by atoms with van der Waals surface area (Å²) in [6.45, 7) is 1.72. The van der Waals surface area contributed by atoms with Crippen molar-refractivity contribution in [2.75, 3.05) is 27.3 Å². The molecule has 0 aromatic heterocycles. The molecule has 1 aromatic rings. The fourth-order valence-electron chi connectivity index (χ4n) is 3.06. The minimum atomic E-state index is -0.132. The number of nitrogens with one attached hydrogen (secondary N) is 1. The molecule has 0 spiro atoms. The summed E-state index contributed by atoms with van der Waals surface area (Å²) in [6, 6.07) is 5.01. The molecule has 140 valence electrons. The second-order valence-electron chi connectivity index (χ2n) is 6.58. The van der Waals surface area contributed by atoms with Crippen LogP contribution >= 0.6 is 0 Å². The van der Waals surface area contributed by atoms with Crippen LogP contribution in [0.25, 0.3) is 0 Å². The Bertz CT molecular complexity index is 544. The summed E-state index contributed by atoms with van der Waals surface area (Å²) in [5.74, 6) is 0.502. The van der Waals surface area contributed by atoms with Crippen LogP contribution in [0.5, 0.6) is 11.5 Å². The highest BCUT2D eigenvalue weighted by Gasteiger charge is 2.13. The summed E-state index contributed by atoms with van der Waals surface area (Å²) in [7, 11) is 3.24. The predicted molar refractivity (Wildman–Crippen MR) is 97.0 cm³/mol. The van der Waals surface area contributed by atoms with E-state index in [1.807, 2.05) is 6.07 Å². The lowest BCUT2D eigenvalue weighted by Crippen LogP contribution is -2.37. The molecule has 1 saturated carbocycles. The minimum Gasteiger partial charge on any atom is -0.504 e. The lowest BCUT2D eigenvalue weighted by Gasteiger charge is -2.22. The molecule has 0 unspecified atom stereocenters. The van der Waals surface area contributed by atoms with Crippen LogP contribution < -0.4 is 10.1 Å².